The van der Waals surface area contributed by atoms with Crippen LogP contribution in [-0.4, -0.2) is 40.6 Å². The molecular weight excluding hydrogens is 288 g/mol. The summed E-state index contributed by atoms with van der Waals surface area (Å²) in [6, 6.07) is 10.2. The van der Waals surface area contributed by atoms with E-state index in [9.17, 15) is 15.0 Å². The van der Waals surface area contributed by atoms with Crippen molar-refractivity contribution in [3.05, 3.63) is 47.7 Å². The second-order valence-electron chi connectivity index (χ2n) is 4.67. The van der Waals surface area contributed by atoms with Gasteiger partial charge in [-0.15, -0.1) is 0 Å². The van der Waals surface area contributed by atoms with E-state index in [0.717, 1.165) is 0 Å². The zero-order valence-electron chi connectivity index (χ0n) is 12.1. The molecule has 0 unspecified atom stereocenters. The molecule has 0 radical (unpaired) electrons. The average Bonchev–Trinajstić information content (AvgIpc) is 2.99. The van der Waals surface area contributed by atoms with Crippen molar-refractivity contribution in [1.29, 1.82) is 0 Å². The average molecular weight is 306 g/mol. The number of hydrogen-bond donors (Lipinski definition) is 3. The molecule has 3 N–H and O–H groups in total. The Hall–Kier alpha value is -2.15. The highest BCUT2D eigenvalue weighted by molar-refractivity contribution is 5.96. The van der Waals surface area contributed by atoms with Crippen molar-refractivity contribution >= 4 is 5.97 Å². The predicted molar refractivity (Wildman–Crippen MR) is 78.2 cm³/mol. The summed E-state index contributed by atoms with van der Waals surface area (Å²) in [5, 5.41) is 28.4. The summed E-state index contributed by atoms with van der Waals surface area (Å²) in [6.45, 7) is 1.26. The molecule has 0 bridgehead atoms. The van der Waals surface area contributed by atoms with E-state index < -0.39 is 24.8 Å². The zero-order valence-corrected chi connectivity index (χ0v) is 12.1. The number of benzene rings is 1. The number of carbonyl (C=O) groups excluding carboxylic acids is 1. The van der Waals surface area contributed by atoms with Crippen molar-refractivity contribution in [2.45, 2.75) is 19.1 Å². The summed E-state index contributed by atoms with van der Waals surface area (Å²) in [5.41, 5.74) is 0.801. The van der Waals surface area contributed by atoms with Crippen molar-refractivity contribution in [3.63, 3.8) is 0 Å². The molecule has 0 saturated carbocycles. The van der Waals surface area contributed by atoms with Gasteiger partial charge < -0.3 is 24.5 Å². The van der Waals surface area contributed by atoms with E-state index in [1.165, 1.54) is 6.07 Å². The van der Waals surface area contributed by atoms with E-state index in [-0.39, 0.29) is 23.7 Å². The molecule has 22 heavy (non-hydrogen) atoms. The Kier molecular flexibility index (Phi) is 5.32. The molecule has 0 aliphatic carbocycles. The monoisotopic (exact) mass is 306 g/mol. The highest BCUT2D eigenvalue weighted by Crippen LogP contribution is 2.31. The molecule has 0 aliphatic heterocycles. The predicted octanol–water partition coefficient (Wildman–Crippen LogP) is 1.51. The van der Waals surface area contributed by atoms with Crippen LogP contribution >= 0.6 is 0 Å². The van der Waals surface area contributed by atoms with Gasteiger partial charge in [-0.2, -0.15) is 0 Å². The van der Waals surface area contributed by atoms with E-state index >= 15 is 0 Å². The highest BCUT2D eigenvalue weighted by Gasteiger charge is 2.27. The normalized spacial score (nSPS) is 13.6. The van der Waals surface area contributed by atoms with Crippen LogP contribution in [0.25, 0.3) is 11.3 Å². The fraction of sp³-hybridized carbons (Fsp3) is 0.312. The number of esters is 1. The number of hydrogen-bond acceptors (Lipinski definition) is 6. The topological polar surface area (TPSA) is 100 Å². The molecular formula is C16H18O6. The third kappa shape index (κ3) is 3.36. The number of furan rings is 1. The minimum Gasteiger partial charge on any atom is -0.462 e. The fourth-order valence-electron chi connectivity index (χ4n) is 2.01. The number of carbonyl (C=O) groups is 1. The lowest BCUT2D eigenvalue weighted by Crippen LogP contribution is -2.21. The summed E-state index contributed by atoms with van der Waals surface area (Å²) in [7, 11) is 0. The first-order chi connectivity index (χ1) is 10.6. The van der Waals surface area contributed by atoms with Gasteiger partial charge in [0, 0.05) is 5.56 Å². The van der Waals surface area contributed by atoms with Crippen LogP contribution in [0.1, 0.15) is 29.1 Å². The fourth-order valence-corrected chi connectivity index (χ4v) is 2.01. The van der Waals surface area contributed by atoms with Gasteiger partial charge in [-0.1, -0.05) is 30.3 Å². The molecule has 0 spiro atoms. The Balaban J connectivity index is 2.46. The lowest BCUT2D eigenvalue weighted by atomic mass is 10.1. The molecule has 0 amide bonds. The van der Waals surface area contributed by atoms with Gasteiger partial charge in [0.05, 0.1) is 13.2 Å². The Labute approximate surface area is 127 Å². The maximum Gasteiger partial charge on any atom is 0.342 e. The maximum atomic E-state index is 12.0. The van der Waals surface area contributed by atoms with Crippen LogP contribution in [0, 0.1) is 0 Å². The van der Waals surface area contributed by atoms with Crippen molar-refractivity contribution in [2.75, 3.05) is 13.2 Å². The van der Waals surface area contributed by atoms with Crippen molar-refractivity contribution in [1.82, 2.24) is 0 Å². The molecule has 6 heteroatoms. The molecule has 6 nitrogen and oxygen atoms in total. The van der Waals surface area contributed by atoms with Gasteiger partial charge in [0.2, 0.25) is 0 Å². The Morgan fingerprint density at radius 2 is 1.95 bits per heavy atom. The molecule has 1 aromatic heterocycles. The van der Waals surface area contributed by atoms with Gasteiger partial charge in [0.1, 0.15) is 29.3 Å². The van der Waals surface area contributed by atoms with Gasteiger partial charge in [-0.25, -0.2) is 4.79 Å². The summed E-state index contributed by atoms with van der Waals surface area (Å²) < 4.78 is 10.5. The molecule has 2 atom stereocenters. The quantitative estimate of drug-likeness (QED) is 0.700. The first kappa shape index (κ1) is 16.2. The molecule has 2 aromatic rings. The molecule has 0 aliphatic rings. The second kappa shape index (κ2) is 7.22. The van der Waals surface area contributed by atoms with E-state index in [1.54, 1.807) is 31.2 Å². The lowest BCUT2D eigenvalue weighted by Gasteiger charge is -2.12. The maximum absolute atomic E-state index is 12.0. The van der Waals surface area contributed by atoms with Crippen LogP contribution in [0.5, 0.6) is 0 Å². The lowest BCUT2D eigenvalue weighted by molar-refractivity contribution is -0.0249. The minimum atomic E-state index is -1.43. The van der Waals surface area contributed by atoms with Gasteiger partial charge in [-0.3, -0.25) is 0 Å². The third-order valence-electron chi connectivity index (χ3n) is 3.13. The van der Waals surface area contributed by atoms with E-state index in [4.69, 9.17) is 14.3 Å². The van der Waals surface area contributed by atoms with E-state index in [2.05, 4.69) is 0 Å². The van der Waals surface area contributed by atoms with Crippen molar-refractivity contribution < 1.29 is 29.3 Å². The van der Waals surface area contributed by atoms with Crippen LogP contribution in [0.15, 0.2) is 40.8 Å². The van der Waals surface area contributed by atoms with Crippen LogP contribution in [0.3, 0.4) is 0 Å². The highest BCUT2D eigenvalue weighted by atomic mass is 16.5. The number of aliphatic hydroxyl groups excluding tert-OH is 3. The molecule has 118 valence electrons. The first-order valence-electron chi connectivity index (χ1n) is 6.91. The second-order valence-corrected chi connectivity index (χ2v) is 4.67. The Morgan fingerprint density at radius 3 is 2.55 bits per heavy atom. The molecule has 1 aromatic carbocycles. The van der Waals surface area contributed by atoms with Gasteiger partial charge in [-0.05, 0) is 13.0 Å². The zero-order chi connectivity index (χ0) is 16.1. The number of rotatable bonds is 6. The summed E-state index contributed by atoms with van der Waals surface area (Å²) >= 11 is 0. The molecule has 2 rings (SSSR count). The summed E-state index contributed by atoms with van der Waals surface area (Å²) in [4.78, 5) is 12.0. The van der Waals surface area contributed by atoms with Gasteiger partial charge in [0.25, 0.3) is 0 Å². The summed E-state index contributed by atoms with van der Waals surface area (Å²) in [5.74, 6) is -0.344. The van der Waals surface area contributed by atoms with Crippen LogP contribution in [0.2, 0.25) is 0 Å². The minimum absolute atomic E-state index is 0.0107. The Morgan fingerprint density at radius 1 is 1.27 bits per heavy atom. The number of aliphatic hydroxyl groups is 3. The van der Waals surface area contributed by atoms with E-state index in [0.29, 0.717) is 5.56 Å². The van der Waals surface area contributed by atoms with Crippen LogP contribution < -0.4 is 0 Å². The third-order valence-corrected chi connectivity index (χ3v) is 3.13. The SMILES string of the molecule is CCOC(=O)c1cc([C@H](O)[C@H](O)CO)oc1-c1ccccc1. The van der Waals surface area contributed by atoms with E-state index in [1.807, 2.05) is 6.07 Å². The van der Waals surface area contributed by atoms with Gasteiger partial charge in [0.15, 0.2) is 0 Å². The molecule has 0 saturated heterocycles. The largest absolute Gasteiger partial charge is 0.462 e. The Bertz CT molecular complexity index is 619. The molecule has 1 heterocycles. The molecule has 0 fully saturated rings. The summed E-state index contributed by atoms with van der Waals surface area (Å²) in [6.07, 6.45) is -2.83. The standard InChI is InChI=1S/C16H18O6/c1-2-21-16(20)11-8-13(14(19)12(18)9-17)22-15(11)10-6-4-3-5-7-10/h3-8,12,14,17-19H,2,9H2,1H3/t12-,14-/m1/s1. The van der Waals surface area contributed by atoms with Crippen LogP contribution in [-0.2, 0) is 4.74 Å². The van der Waals surface area contributed by atoms with Gasteiger partial charge >= 0.3 is 5.97 Å². The van der Waals surface area contributed by atoms with Crippen LogP contribution in [0.4, 0.5) is 0 Å². The van der Waals surface area contributed by atoms with Crippen molar-refractivity contribution in [3.8, 4) is 11.3 Å². The number of ether oxygens (including phenoxy) is 1. The smallest absolute Gasteiger partial charge is 0.342 e. The first-order valence-corrected chi connectivity index (χ1v) is 6.91. The van der Waals surface area contributed by atoms with Crippen molar-refractivity contribution in [2.24, 2.45) is 0 Å².